The largest absolute Gasteiger partial charge is 0.328 e. The van der Waals surface area contributed by atoms with E-state index in [1.807, 2.05) is 0 Å². The average molecular weight is 228 g/mol. The van der Waals surface area contributed by atoms with Crippen LogP contribution in [0.4, 0.5) is 0 Å². The highest BCUT2D eigenvalue weighted by molar-refractivity contribution is 4.68. The summed E-state index contributed by atoms with van der Waals surface area (Å²) in [6.07, 6.45) is 6.28. The standard InChI is InChI=1S/C14H32N2/c1-6-14(7-2)16(5)11-12(3)9-8-10-13(4)15/h12-14H,6-11,15H2,1-5H3. The molecule has 0 amide bonds. The monoisotopic (exact) mass is 228 g/mol. The van der Waals surface area contributed by atoms with Gasteiger partial charge in [-0.1, -0.05) is 27.2 Å². The van der Waals surface area contributed by atoms with Crippen molar-refractivity contribution in [1.82, 2.24) is 4.90 Å². The van der Waals surface area contributed by atoms with E-state index in [2.05, 4.69) is 39.6 Å². The Labute approximate surface area is 103 Å². The fourth-order valence-corrected chi connectivity index (χ4v) is 2.43. The van der Waals surface area contributed by atoms with Crippen LogP contribution in [0.2, 0.25) is 0 Å². The lowest BCUT2D eigenvalue weighted by molar-refractivity contribution is 0.195. The van der Waals surface area contributed by atoms with E-state index in [1.165, 1.54) is 38.6 Å². The maximum Gasteiger partial charge on any atom is 0.00870 e. The zero-order valence-electron chi connectivity index (χ0n) is 12.0. The summed E-state index contributed by atoms with van der Waals surface area (Å²) < 4.78 is 0. The molecule has 0 saturated carbocycles. The van der Waals surface area contributed by atoms with Crippen LogP contribution in [-0.2, 0) is 0 Å². The minimum Gasteiger partial charge on any atom is -0.328 e. The Balaban J connectivity index is 3.72. The molecule has 0 aromatic heterocycles. The molecule has 2 atom stereocenters. The first kappa shape index (κ1) is 15.9. The first-order chi connectivity index (χ1) is 7.51. The molecule has 0 fully saturated rings. The molecule has 0 aliphatic rings. The lowest BCUT2D eigenvalue weighted by Crippen LogP contribution is -2.34. The third kappa shape index (κ3) is 7.24. The van der Waals surface area contributed by atoms with E-state index in [0.717, 1.165) is 12.0 Å². The van der Waals surface area contributed by atoms with Gasteiger partial charge in [-0.3, -0.25) is 0 Å². The van der Waals surface area contributed by atoms with Crippen LogP contribution in [0.1, 0.15) is 59.8 Å². The second kappa shape index (κ2) is 9.00. The Hall–Kier alpha value is -0.0800. The predicted octanol–water partition coefficient (Wildman–Crippen LogP) is 3.26. The summed E-state index contributed by atoms with van der Waals surface area (Å²) in [6, 6.07) is 1.12. The number of hydrogen-bond acceptors (Lipinski definition) is 2. The minimum atomic E-state index is 0.365. The maximum atomic E-state index is 5.76. The van der Waals surface area contributed by atoms with Crippen molar-refractivity contribution >= 4 is 0 Å². The van der Waals surface area contributed by atoms with Gasteiger partial charge in [0, 0.05) is 18.6 Å². The van der Waals surface area contributed by atoms with E-state index in [9.17, 15) is 0 Å². The Morgan fingerprint density at radius 2 is 1.62 bits per heavy atom. The lowest BCUT2D eigenvalue weighted by Gasteiger charge is -2.28. The SMILES string of the molecule is CCC(CC)N(C)CC(C)CCCC(C)N. The molecule has 2 unspecified atom stereocenters. The van der Waals surface area contributed by atoms with Crippen molar-refractivity contribution in [3.8, 4) is 0 Å². The summed E-state index contributed by atoms with van der Waals surface area (Å²) in [5, 5.41) is 0. The van der Waals surface area contributed by atoms with Crippen LogP contribution >= 0.6 is 0 Å². The molecule has 16 heavy (non-hydrogen) atoms. The predicted molar refractivity (Wildman–Crippen MR) is 73.7 cm³/mol. The van der Waals surface area contributed by atoms with Gasteiger partial charge in [-0.15, -0.1) is 0 Å². The fourth-order valence-electron chi connectivity index (χ4n) is 2.43. The summed E-state index contributed by atoms with van der Waals surface area (Å²) in [4.78, 5) is 2.52. The quantitative estimate of drug-likeness (QED) is 0.656. The third-order valence-electron chi connectivity index (χ3n) is 3.52. The number of hydrogen-bond donors (Lipinski definition) is 1. The topological polar surface area (TPSA) is 29.3 Å². The smallest absolute Gasteiger partial charge is 0.00870 e. The van der Waals surface area contributed by atoms with Crippen LogP contribution in [0, 0.1) is 5.92 Å². The van der Waals surface area contributed by atoms with Crippen molar-refractivity contribution in [3.63, 3.8) is 0 Å². The summed E-state index contributed by atoms with van der Waals surface area (Å²) >= 11 is 0. The van der Waals surface area contributed by atoms with Gasteiger partial charge in [0.1, 0.15) is 0 Å². The van der Waals surface area contributed by atoms with Crippen LogP contribution in [-0.4, -0.2) is 30.6 Å². The van der Waals surface area contributed by atoms with Gasteiger partial charge in [-0.25, -0.2) is 0 Å². The molecule has 0 radical (unpaired) electrons. The Morgan fingerprint density at radius 3 is 2.06 bits per heavy atom. The van der Waals surface area contributed by atoms with Gasteiger partial charge < -0.3 is 10.6 Å². The Bertz CT molecular complexity index is 153. The fraction of sp³-hybridized carbons (Fsp3) is 1.00. The summed E-state index contributed by atoms with van der Waals surface area (Å²) in [5.41, 5.74) is 5.76. The van der Waals surface area contributed by atoms with Gasteiger partial charge in [0.05, 0.1) is 0 Å². The van der Waals surface area contributed by atoms with E-state index in [4.69, 9.17) is 5.73 Å². The highest BCUT2D eigenvalue weighted by atomic mass is 15.1. The normalized spacial score (nSPS) is 15.8. The van der Waals surface area contributed by atoms with E-state index in [-0.39, 0.29) is 0 Å². The zero-order chi connectivity index (χ0) is 12.6. The molecule has 0 aliphatic carbocycles. The van der Waals surface area contributed by atoms with E-state index < -0.39 is 0 Å². The van der Waals surface area contributed by atoms with Crippen LogP contribution in [0.25, 0.3) is 0 Å². The molecule has 2 N–H and O–H groups in total. The van der Waals surface area contributed by atoms with Gasteiger partial charge in [-0.2, -0.15) is 0 Å². The Kier molecular flexibility index (Phi) is 8.96. The number of rotatable bonds is 9. The number of nitrogens with zero attached hydrogens (tertiary/aromatic N) is 1. The molecule has 0 aromatic carbocycles. The molecule has 0 aliphatic heterocycles. The van der Waals surface area contributed by atoms with Crippen LogP contribution in [0.5, 0.6) is 0 Å². The molecule has 0 saturated heterocycles. The van der Waals surface area contributed by atoms with Crippen molar-refractivity contribution in [2.75, 3.05) is 13.6 Å². The van der Waals surface area contributed by atoms with Gasteiger partial charge in [0.25, 0.3) is 0 Å². The molecular weight excluding hydrogens is 196 g/mol. The molecule has 0 rings (SSSR count). The Morgan fingerprint density at radius 1 is 1.06 bits per heavy atom. The molecule has 2 heteroatoms. The van der Waals surface area contributed by atoms with Gasteiger partial charge in [0.2, 0.25) is 0 Å². The molecule has 0 bridgehead atoms. The van der Waals surface area contributed by atoms with E-state index in [1.54, 1.807) is 0 Å². The zero-order valence-corrected chi connectivity index (χ0v) is 12.0. The highest BCUT2D eigenvalue weighted by Crippen LogP contribution is 2.13. The first-order valence-electron chi connectivity index (χ1n) is 6.97. The highest BCUT2D eigenvalue weighted by Gasteiger charge is 2.13. The van der Waals surface area contributed by atoms with Gasteiger partial charge >= 0.3 is 0 Å². The van der Waals surface area contributed by atoms with E-state index >= 15 is 0 Å². The van der Waals surface area contributed by atoms with Crippen molar-refractivity contribution < 1.29 is 0 Å². The van der Waals surface area contributed by atoms with Crippen LogP contribution in [0.3, 0.4) is 0 Å². The number of nitrogens with two attached hydrogens (primary N) is 1. The lowest BCUT2D eigenvalue weighted by atomic mass is 10.0. The van der Waals surface area contributed by atoms with Crippen LogP contribution < -0.4 is 5.73 Å². The van der Waals surface area contributed by atoms with Gasteiger partial charge in [0.15, 0.2) is 0 Å². The molecule has 98 valence electrons. The second-order valence-corrected chi connectivity index (χ2v) is 5.42. The van der Waals surface area contributed by atoms with Crippen molar-refractivity contribution in [1.29, 1.82) is 0 Å². The van der Waals surface area contributed by atoms with Crippen molar-refractivity contribution in [3.05, 3.63) is 0 Å². The minimum absolute atomic E-state index is 0.365. The maximum absolute atomic E-state index is 5.76. The summed E-state index contributed by atoms with van der Waals surface area (Å²) in [6.45, 7) is 10.3. The van der Waals surface area contributed by atoms with E-state index in [0.29, 0.717) is 6.04 Å². The second-order valence-electron chi connectivity index (χ2n) is 5.42. The van der Waals surface area contributed by atoms with Crippen molar-refractivity contribution in [2.45, 2.75) is 71.9 Å². The van der Waals surface area contributed by atoms with Crippen molar-refractivity contribution in [2.24, 2.45) is 11.7 Å². The molecule has 0 aromatic rings. The van der Waals surface area contributed by atoms with Gasteiger partial charge in [-0.05, 0) is 45.6 Å². The molecule has 0 heterocycles. The van der Waals surface area contributed by atoms with Crippen LogP contribution in [0.15, 0.2) is 0 Å². The average Bonchev–Trinajstić information content (AvgIpc) is 2.18. The summed E-state index contributed by atoms with van der Waals surface area (Å²) in [7, 11) is 2.26. The molecule has 0 spiro atoms. The summed E-state index contributed by atoms with van der Waals surface area (Å²) in [5.74, 6) is 0.796. The first-order valence-corrected chi connectivity index (χ1v) is 6.97. The molecule has 2 nitrogen and oxygen atoms in total. The molecular formula is C14H32N2. The third-order valence-corrected chi connectivity index (χ3v) is 3.52.